The quantitative estimate of drug-likeness (QED) is 0.654. The molecule has 0 aliphatic carbocycles. The fraction of sp³-hybridized carbons (Fsp3) is 1.00. The van der Waals surface area contributed by atoms with Crippen LogP contribution < -0.4 is 0 Å². The molecule has 84 valence electrons. The summed E-state index contributed by atoms with van der Waals surface area (Å²) < 4.78 is 0. The van der Waals surface area contributed by atoms with Crippen molar-refractivity contribution >= 4 is 0 Å². The van der Waals surface area contributed by atoms with Crippen molar-refractivity contribution in [3.8, 4) is 0 Å². The fourth-order valence-corrected chi connectivity index (χ4v) is 2.64. The van der Waals surface area contributed by atoms with Gasteiger partial charge in [-0.3, -0.25) is 4.90 Å². The summed E-state index contributed by atoms with van der Waals surface area (Å²) in [5, 5.41) is 0. The Morgan fingerprint density at radius 1 is 1.29 bits per heavy atom. The third kappa shape index (κ3) is 2.13. The molecule has 0 N–H and O–H groups in total. The molecule has 1 aliphatic rings. The van der Waals surface area contributed by atoms with Crippen LogP contribution in [-0.4, -0.2) is 23.5 Å². The summed E-state index contributed by atoms with van der Waals surface area (Å²) in [5.41, 5.74) is 0.944. The van der Waals surface area contributed by atoms with Crippen molar-refractivity contribution in [3.63, 3.8) is 0 Å². The van der Waals surface area contributed by atoms with Gasteiger partial charge in [0.1, 0.15) is 0 Å². The van der Waals surface area contributed by atoms with E-state index in [2.05, 4.69) is 46.4 Å². The van der Waals surface area contributed by atoms with Gasteiger partial charge in [-0.1, -0.05) is 20.8 Å². The Labute approximate surface area is 89.9 Å². The summed E-state index contributed by atoms with van der Waals surface area (Å²) >= 11 is 0. The largest absolute Gasteiger partial charge is 0.298 e. The van der Waals surface area contributed by atoms with E-state index in [1.54, 1.807) is 0 Å². The first-order valence-electron chi connectivity index (χ1n) is 6.07. The molecule has 0 bridgehead atoms. The van der Waals surface area contributed by atoms with E-state index < -0.39 is 0 Å². The summed E-state index contributed by atoms with van der Waals surface area (Å²) in [6.07, 6.45) is 2.72. The highest BCUT2D eigenvalue weighted by atomic mass is 15.2. The summed E-state index contributed by atoms with van der Waals surface area (Å²) in [7, 11) is 0. The molecule has 0 aromatic rings. The van der Waals surface area contributed by atoms with Crippen LogP contribution in [0.25, 0.3) is 0 Å². The monoisotopic (exact) mass is 197 g/mol. The summed E-state index contributed by atoms with van der Waals surface area (Å²) in [4.78, 5) is 2.65. The first kappa shape index (κ1) is 12.0. The number of hydrogen-bond donors (Lipinski definition) is 0. The van der Waals surface area contributed by atoms with Crippen molar-refractivity contribution in [2.45, 2.75) is 59.9 Å². The van der Waals surface area contributed by atoms with E-state index in [0.29, 0.717) is 11.0 Å². The van der Waals surface area contributed by atoms with Crippen LogP contribution in [0.1, 0.15) is 54.4 Å². The Morgan fingerprint density at radius 3 is 2.07 bits per heavy atom. The molecule has 0 saturated carbocycles. The van der Waals surface area contributed by atoms with Gasteiger partial charge in [0, 0.05) is 12.1 Å². The van der Waals surface area contributed by atoms with Crippen molar-refractivity contribution in [1.29, 1.82) is 0 Å². The predicted molar refractivity (Wildman–Crippen MR) is 63.5 cm³/mol. The van der Waals surface area contributed by atoms with Crippen molar-refractivity contribution in [2.24, 2.45) is 11.3 Å². The molecule has 1 fully saturated rings. The van der Waals surface area contributed by atoms with Gasteiger partial charge < -0.3 is 0 Å². The van der Waals surface area contributed by atoms with Gasteiger partial charge in [0.25, 0.3) is 0 Å². The van der Waals surface area contributed by atoms with Crippen molar-refractivity contribution < 1.29 is 0 Å². The minimum absolute atomic E-state index is 0.353. The Hall–Kier alpha value is -0.0400. The van der Waals surface area contributed by atoms with E-state index in [-0.39, 0.29) is 0 Å². The average Bonchev–Trinajstić information content (AvgIpc) is 2.47. The fourth-order valence-electron chi connectivity index (χ4n) is 2.64. The Kier molecular flexibility index (Phi) is 3.30. The average molecular weight is 197 g/mol. The molecule has 1 heteroatoms. The van der Waals surface area contributed by atoms with Crippen molar-refractivity contribution in [3.05, 3.63) is 0 Å². The Balaban J connectivity index is 2.71. The molecule has 1 heterocycles. The van der Waals surface area contributed by atoms with Gasteiger partial charge in [-0.15, -0.1) is 0 Å². The van der Waals surface area contributed by atoms with Gasteiger partial charge >= 0.3 is 0 Å². The molecule has 1 saturated heterocycles. The molecule has 1 aliphatic heterocycles. The van der Waals surface area contributed by atoms with Gasteiger partial charge in [0.15, 0.2) is 0 Å². The highest BCUT2D eigenvalue weighted by Gasteiger charge is 2.41. The number of nitrogens with zero attached hydrogens (tertiary/aromatic N) is 1. The minimum atomic E-state index is 0.353. The van der Waals surface area contributed by atoms with E-state index >= 15 is 0 Å². The molecule has 1 atom stereocenters. The van der Waals surface area contributed by atoms with E-state index in [1.165, 1.54) is 25.9 Å². The maximum Gasteiger partial charge on any atom is 0.0125 e. The van der Waals surface area contributed by atoms with Crippen LogP contribution in [0.2, 0.25) is 0 Å². The third-order valence-electron chi connectivity index (χ3n) is 4.26. The molecule has 1 nitrogen and oxygen atoms in total. The molecule has 0 amide bonds. The van der Waals surface area contributed by atoms with Gasteiger partial charge in [-0.25, -0.2) is 0 Å². The maximum atomic E-state index is 2.65. The number of hydrogen-bond acceptors (Lipinski definition) is 1. The van der Waals surface area contributed by atoms with Crippen LogP contribution in [0, 0.1) is 11.3 Å². The zero-order valence-corrected chi connectivity index (χ0v) is 10.9. The maximum absolute atomic E-state index is 2.65. The first-order valence-corrected chi connectivity index (χ1v) is 6.07. The molecule has 1 unspecified atom stereocenters. The molecular formula is C13H27N. The minimum Gasteiger partial charge on any atom is -0.298 e. The SMILES string of the molecule is CCC1(C(C)C)CCN(C(C)(C)C)C1. The lowest BCUT2D eigenvalue weighted by molar-refractivity contribution is 0.122. The van der Waals surface area contributed by atoms with E-state index in [1.807, 2.05) is 0 Å². The highest BCUT2D eigenvalue weighted by molar-refractivity contribution is 4.95. The van der Waals surface area contributed by atoms with E-state index in [0.717, 1.165) is 5.92 Å². The normalized spacial score (nSPS) is 30.2. The van der Waals surface area contributed by atoms with Crippen LogP contribution in [-0.2, 0) is 0 Å². The molecule has 0 aromatic carbocycles. The third-order valence-corrected chi connectivity index (χ3v) is 4.26. The van der Waals surface area contributed by atoms with Crippen LogP contribution >= 0.6 is 0 Å². The smallest absolute Gasteiger partial charge is 0.0125 e. The summed E-state index contributed by atoms with van der Waals surface area (Å²) in [5.74, 6) is 0.819. The lowest BCUT2D eigenvalue weighted by atomic mass is 9.74. The predicted octanol–water partition coefficient (Wildman–Crippen LogP) is 3.54. The topological polar surface area (TPSA) is 3.24 Å². The first-order chi connectivity index (χ1) is 6.32. The second-order valence-corrected chi connectivity index (χ2v) is 6.21. The van der Waals surface area contributed by atoms with E-state index in [4.69, 9.17) is 0 Å². The van der Waals surface area contributed by atoms with Gasteiger partial charge in [-0.05, 0) is 51.5 Å². The molecular weight excluding hydrogens is 170 g/mol. The second-order valence-electron chi connectivity index (χ2n) is 6.21. The van der Waals surface area contributed by atoms with Crippen LogP contribution in [0.4, 0.5) is 0 Å². The zero-order valence-electron chi connectivity index (χ0n) is 10.9. The highest BCUT2D eigenvalue weighted by Crippen LogP contribution is 2.42. The molecule has 0 aromatic heterocycles. The lowest BCUT2D eigenvalue weighted by Gasteiger charge is -2.37. The van der Waals surface area contributed by atoms with Crippen molar-refractivity contribution in [1.82, 2.24) is 4.90 Å². The van der Waals surface area contributed by atoms with Gasteiger partial charge in [0.05, 0.1) is 0 Å². The standard InChI is InChI=1S/C13H27N/c1-7-13(11(2)3)8-9-14(10-13)12(4,5)6/h11H,7-10H2,1-6H3. The zero-order chi connectivity index (χ0) is 11.0. The van der Waals surface area contributed by atoms with Gasteiger partial charge in [0.2, 0.25) is 0 Å². The molecule has 0 spiro atoms. The van der Waals surface area contributed by atoms with Crippen molar-refractivity contribution in [2.75, 3.05) is 13.1 Å². The molecule has 0 radical (unpaired) electrons. The number of rotatable bonds is 2. The molecule has 14 heavy (non-hydrogen) atoms. The van der Waals surface area contributed by atoms with Crippen LogP contribution in [0.15, 0.2) is 0 Å². The van der Waals surface area contributed by atoms with Gasteiger partial charge in [-0.2, -0.15) is 0 Å². The summed E-state index contributed by atoms with van der Waals surface area (Å²) in [6.45, 7) is 16.7. The van der Waals surface area contributed by atoms with E-state index in [9.17, 15) is 0 Å². The second kappa shape index (κ2) is 3.84. The summed E-state index contributed by atoms with van der Waals surface area (Å²) in [6, 6.07) is 0. The number of likely N-dealkylation sites (tertiary alicyclic amines) is 1. The van der Waals surface area contributed by atoms with Crippen LogP contribution in [0.3, 0.4) is 0 Å². The molecule has 1 rings (SSSR count). The lowest BCUT2D eigenvalue weighted by Crippen LogP contribution is -2.42. The Bertz CT molecular complexity index is 190. The Morgan fingerprint density at radius 2 is 1.86 bits per heavy atom. The van der Waals surface area contributed by atoms with Crippen LogP contribution in [0.5, 0.6) is 0 Å².